The summed E-state index contributed by atoms with van der Waals surface area (Å²) in [6, 6.07) is 10.4. The van der Waals surface area contributed by atoms with Crippen LogP contribution in [0.1, 0.15) is 35.1 Å². The highest BCUT2D eigenvalue weighted by Gasteiger charge is 2.33. The summed E-state index contributed by atoms with van der Waals surface area (Å²) < 4.78 is 51.7. The number of benzene rings is 2. The third kappa shape index (κ3) is 5.89. The largest absolute Gasteiger partial charge is 0.416 e. The van der Waals surface area contributed by atoms with Crippen molar-refractivity contribution < 1.29 is 22.4 Å². The average molecular weight is 353 g/mol. The van der Waals surface area contributed by atoms with Gasteiger partial charge in [0, 0.05) is 13.0 Å². The molecule has 6 heteroatoms. The van der Waals surface area contributed by atoms with Crippen molar-refractivity contribution in [3.63, 3.8) is 0 Å². The quantitative estimate of drug-likeness (QED) is 0.743. The third-order valence-electron chi connectivity index (χ3n) is 3.84. The summed E-state index contributed by atoms with van der Waals surface area (Å²) in [6.07, 6.45) is -3.12. The zero-order chi connectivity index (χ0) is 18.4. The Kier molecular flexibility index (Phi) is 6.17. The van der Waals surface area contributed by atoms with Crippen LogP contribution in [0.25, 0.3) is 0 Å². The molecule has 1 amide bonds. The van der Waals surface area contributed by atoms with Gasteiger partial charge < -0.3 is 5.32 Å². The van der Waals surface area contributed by atoms with Crippen LogP contribution in [0.5, 0.6) is 0 Å². The number of nitrogens with one attached hydrogen (secondary N) is 1. The van der Waals surface area contributed by atoms with Crippen LogP contribution in [0.3, 0.4) is 0 Å². The fraction of sp³-hybridized carbons (Fsp3) is 0.316. The summed E-state index contributed by atoms with van der Waals surface area (Å²) in [5.74, 6) is -1.29. The molecule has 0 saturated carbocycles. The molecule has 0 saturated heterocycles. The Labute approximate surface area is 143 Å². The Balaban J connectivity index is 1.85. The molecule has 0 spiro atoms. The van der Waals surface area contributed by atoms with Crippen LogP contribution in [-0.4, -0.2) is 5.91 Å². The molecule has 134 valence electrons. The molecule has 0 fully saturated rings. The fourth-order valence-corrected chi connectivity index (χ4v) is 2.46. The molecule has 2 aromatic carbocycles. The van der Waals surface area contributed by atoms with Crippen molar-refractivity contribution in [2.24, 2.45) is 0 Å². The molecule has 0 aromatic heterocycles. The molecule has 25 heavy (non-hydrogen) atoms. The van der Waals surface area contributed by atoms with Gasteiger partial charge in [0.25, 0.3) is 0 Å². The number of rotatable bonds is 6. The molecule has 0 atom stereocenters. The summed E-state index contributed by atoms with van der Waals surface area (Å²) in [5, 5.41) is 2.46. The van der Waals surface area contributed by atoms with E-state index in [9.17, 15) is 22.4 Å². The SMILES string of the molecule is Cc1ccc(CCCC(=O)NCc2ccc(F)cc2C(F)(F)F)cc1. The van der Waals surface area contributed by atoms with Gasteiger partial charge in [-0.3, -0.25) is 4.79 Å². The number of hydrogen-bond donors (Lipinski definition) is 1. The van der Waals surface area contributed by atoms with Gasteiger partial charge in [-0.25, -0.2) is 4.39 Å². The lowest BCUT2D eigenvalue weighted by Crippen LogP contribution is -2.24. The summed E-state index contributed by atoms with van der Waals surface area (Å²) in [7, 11) is 0. The molecule has 0 aliphatic heterocycles. The molecule has 2 aromatic rings. The molecule has 0 aliphatic carbocycles. The summed E-state index contributed by atoms with van der Waals surface area (Å²) in [5.41, 5.74) is 1.05. The maximum Gasteiger partial charge on any atom is 0.416 e. The van der Waals surface area contributed by atoms with E-state index < -0.39 is 17.6 Å². The number of carbonyl (C=O) groups is 1. The van der Waals surface area contributed by atoms with Crippen LogP contribution >= 0.6 is 0 Å². The van der Waals surface area contributed by atoms with Crippen LogP contribution in [0.4, 0.5) is 17.6 Å². The van der Waals surface area contributed by atoms with Gasteiger partial charge in [-0.05, 0) is 43.0 Å². The van der Waals surface area contributed by atoms with E-state index in [2.05, 4.69) is 5.32 Å². The Morgan fingerprint density at radius 3 is 2.40 bits per heavy atom. The van der Waals surface area contributed by atoms with Crippen LogP contribution in [0, 0.1) is 12.7 Å². The maximum atomic E-state index is 13.0. The minimum Gasteiger partial charge on any atom is -0.352 e. The van der Waals surface area contributed by atoms with E-state index in [-0.39, 0.29) is 24.4 Å². The zero-order valence-corrected chi connectivity index (χ0v) is 13.8. The van der Waals surface area contributed by atoms with Gasteiger partial charge in [0.1, 0.15) is 5.82 Å². The number of amides is 1. The minimum absolute atomic E-state index is 0.152. The van der Waals surface area contributed by atoms with Crippen molar-refractivity contribution in [2.75, 3.05) is 0 Å². The lowest BCUT2D eigenvalue weighted by atomic mass is 10.1. The molecule has 0 unspecified atom stereocenters. The van der Waals surface area contributed by atoms with E-state index in [0.717, 1.165) is 29.7 Å². The molecule has 0 bridgehead atoms. The molecule has 0 radical (unpaired) electrons. The Bertz CT molecular complexity index is 723. The van der Waals surface area contributed by atoms with Crippen LogP contribution in [0.2, 0.25) is 0 Å². The number of aryl methyl sites for hydroxylation is 2. The van der Waals surface area contributed by atoms with Gasteiger partial charge in [0.05, 0.1) is 5.56 Å². The van der Waals surface area contributed by atoms with Gasteiger partial charge >= 0.3 is 6.18 Å². The lowest BCUT2D eigenvalue weighted by Gasteiger charge is -2.13. The Morgan fingerprint density at radius 2 is 1.76 bits per heavy atom. The summed E-state index contributed by atoms with van der Waals surface area (Å²) in [6.45, 7) is 1.71. The first-order valence-corrected chi connectivity index (χ1v) is 7.93. The van der Waals surface area contributed by atoms with Gasteiger partial charge in [-0.2, -0.15) is 13.2 Å². The molecule has 2 nitrogen and oxygen atoms in total. The van der Waals surface area contributed by atoms with Crippen molar-refractivity contribution in [3.05, 3.63) is 70.5 Å². The second-order valence-electron chi connectivity index (χ2n) is 5.92. The van der Waals surface area contributed by atoms with E-state index >= 15 is 0 Å². The molecule has 2 rings (SSSR count). The monoisotopic (exact) mass is 353 g/mol. The van der Waals surface area contributed by atoms with Gasteiger partial charge in [0.2, 0.25) is 5.91 Å². The Hall–Kier alpha value is -2.37. The predicted molar refractivity (Wildman–Crippen MR) is 87.4 cm³/mol. The van der Waals surface area contributed by atoms with Crippen LogP contribution in [-0.2, 0) is 23.9 Å². The van der Waals surface area contributed by atoms with E-state index in [1.165, 1.54) is 0 Å². The highest BCUT2D eigenvalue weighted by molar-refractivity contribution is 5.75. The van der Waals surface area contributed by atoms with E-state index in [1.54, 1.807) is 0 Å². The van der Waals surface area contributed by atoms with Crippen molar-refractivity contribution in [1.29, 1.82) is 0 Å². The highest BCUT2D eigenvalue weighted by atomic mass is 19.4. The molecule has 0 heterocycles. The minimum atomic E-state index is -4.66. The number of hydrogen-bond acceptors (Lipinski definition) is 1. The zero-order valence-electron chi connectivity index (χ0n) is 13.8. The van der Waals surface area contributed by atoms with Gasteiger partial charge in [-0.15, -0.1) is 0 Å². The van der Waals surface area contributed by atoms with E-state index in [1.807, 2.05) is 31.2 Å². The average Bonchev–Trinajstić information content (AvgIpc) is 2.54. The molecular weight excluding hydrogens is 334 g/mol. The lowest BCUT2D eigenvalue weighted by molar-refractivity contribution is -0.138. The number of carbonyl (C=O) groups excluding carboxylic acids is 1. The first-order chi connectivity index (χ1) is 11.8. The first-order valence-electron chi connectivity index (χ1n) is 7.93. The third-order valence-corrected chi connectivity index (χ3v) is 3.84. The standard InChI is InChI=1S/C19H19F4NO/c1-13-5-7-14(8-6-13)3-2-4-18(25)24-12-15-9-10-16(20)11-17(15)19(21,22)23/h5-11H,2-4,12H2,1H3,(H,24,25). The summed E-state index contributed by atoms with van der Waals surface area (Å²) >= 11 is 0. The predicted octanol–water partition coefficient (Wildman–Crippen LogP) is 4.79. The molecular formula is C19H19F4NO. The van der Waals surface area contributed by atoms with Crippen molar-refractivity contribution in [2.45, 2.75) is 38.9 Å². The van der Waals surface area contributed by atoms with Crippen molar-refractivity contribution in [1.82, 2.24) is 5.32 Å². The van der Waals surface area contributed by atoms with Gasteiger partial charge in [0.15, 0.2) is 0 Å². The topological polar surface area (TPSA) is 29.1 Å². The van der Waals surface area contributed by atoms with Crippen molar-refractivity contribution in [3.8, 4) is 0 Å². The number of alkyl halides is 3. The van der Waals surface area contributed by atoms with E-state index in [0.29, 0.717) is 12.5 Å². The highest BCUT2D eigenvalue weighted by Crippen LogP contribution is 2.32. The van der Waals surface area contributed by atoms with E-state index in [4.69, 9.17) is 0 Å². The van der Waals surface area contributed by atoms with Gasteiger partial charge in [-0.1, -0.05) is 35.9 Å². The number of halogens is 4. The smallest absolute Gasteiger partial charge is 0.352 e. The van der Waals surface area contributed by atoms with Crippen LogP contribution in [0.15, 0.2) is 42.5 Å². The van der Waals surface area contributed by atoms with Crippen molar-refractivity contribution >= 4 is 5.91 Å². The second kappa shape index (κ2) is 8.14. The normalized spacial score (nSPS) is 11.4. The first kappa shape index (κ1) is 19.0. The Morgan fingerprint density at radius 1 is 1.08 bits per heavy atom. The van der Waals surface area contributed by atoms with Crippen LogP contribution < -0.4 is 5.32 Å². The molecule has 0 aliphatic rings. The molecule has 1 N–H and O–H groups in total. The second-order valence-corrected chi connectivity index (χ2v) is 5.92. The maximum absolute atomic E-state index is 13.0. The summed E-state index contributed by atoms with van der Waals surface area (Å²) in [4.78, 5) is 11.8. The fourth-order valence-electron chi connectivity index (χ4n) is 2.46.